The fourth-order valence-corrected chi connectivity index (χ4v) is 4.10. The lowest BCUT2D eigenvalue weighted by molar-refractivity contribution is 0.353. The van der Waals surface area contributed by atoms with Crippen LogP contribution in [-0.4, -0.2) is 29.7 Å². The second-order valence-electron chi connectivity index (χ2n) is 8.00. The van der Waals surface area contributed by atoms with Crippen LogP contribution in [0.2, 0.25) is 0 Å². The van der Waals surface area contributed by atoms with Crippen molar-refractivity contribution in [3.05, 3.63) is 83.2 Å². The number of nitrogens with zero attached hydrogens (tertiary/aromatic N) is 3. The van der Waals surface area contributed by atoms with Crippen LogP contribution in [0.5, 0.6) is 0 Å². The molecule has 5 nitrogen and oxygen atoms in total. The van der Waals surface area contributed by atoms with E-state index in [4.69, 9.17) is 5.73 Å². The van der Waals surface area contributed by atoms with E-state index >= 15 is 0 Å². The molecule has 0 fully saturated rings. The Balaban J connectivity index is 1.64. The maximum absolute atomic E-state index is 5.87. The van der Waals surface area contributed by atoms with Crippen LogP contribution in [-0.2, 0) is 13.1 Å². The maximum atomic E-state index is 5.87. The van der Waals surface area contributed by atoms with E-state index in [1.807, 2.05) is 20.0 Å². The quantitative estimate of drug-likeness (QED) is 0.577. The second-order valence-corrected chi connectivity index (χ2v) is 8.00. The number of aliphatic imine (C=N–C) groups is 1. The number of pyridine rings is 1. The summed E-state index contributed by atoms with van der Waals surface area (Å²) >= 11 is 0. The van der Waals surface area contributed by atoms with Crippen molar-refractivity contribution in [2.45, 2.75) is 26.9 Å². The third kappa shape index (κ3) is 4.23. The zero-order chi connectivity index (χ0) is 22.0. The molecule has 2 heterocycles. The standard InChI is InChI=1S/C26H29N5/c1-5-25(19-7-9-21-15-31(4)16-23(21)11-19)30-26-12-22-10-18(6-8-20(22)14-29-26)24(13-27)17(2)28-3/h5-14H,15-16,27H2,1-4H3,(H,29,30)/b24-13?,25-5-,28-17?. The second kappa shape index (κ2) is 8.74. The molecule has 0 atom stereocenters. The smallest absolute Gasteiger partial charge is 0.130 e. The molecule has 5 heteroatoms. The lowest BCUT2D eigenvalue weighted by Crippen LogP contribution is -2.07. The topological polar surface area (TPSA) is 66.5 Å². The highest BCUT2D eigenvalue weighted by molar-refractivity contribution is 6.23. The average Bonchev–Trinajstić information content (AvgIpc) is 3.16. The number of hydrogen-bond acceptors (Lipinski definition) is 5. The summed E-state index contributed by atoms with van der Waals surface area (Å²) in [6.07, 6.45) is 5.62. The predicted molar refractivity (Wildman–Crippen MR) is 132 cm³/mol. The lowest BCUT2D eigenvalue weighted by atomic mass is 10.00. The summed E-state index contributed by atoms with van der Waals surface area (Å²) in [6.45, 7) is 6.03. The summed E-state index contributed by atoms with van der Waals surface area (Å²) in [5.74, 6) is 0.814. The number of nitrogens with two attached hydrogens (primary N) is 1. The van der Waals surface area contributed by atoms with Crippen molar-refractivity contribution in [1.82, 2.24) is 9.88 Å². The largest absolute Gasteiger partial charge is 0.404 e. The number of allylic oxidation sites excluding steroid dienone is 2. The number of fused-ring (bicyclic) bond motifs is 2. The summed E-state index contributed by atoms with van der Waals surface area (Å²) < 4.78 is 0. The Kier molecular flexibility index (Phi) is 5.87. The zero-order valence-electron chi connectivity index (χ0n) is 18.6. The number of nitrogens with one attached hydrogen (secondary N) is 1. The molecule has 0 radical (unpaired) electrons. The molecule has 1 aromatic heterocycles. The van der Waals surface area contributed by atoms with Crippen LogP contribution in [0.1, 0.15) is 36.1 Å². The van der Waals surface area contributed by atoms with Crippen molar-refractivity contribution in [2.75, 3.05) is 19.4 Å². The van der Waals surface area contributed by atoms with Crippen molar-refractivity contribution >= 4 is 33.6 Å². The van der Waals surface area contributed by atoms with Crippen LogP contribution >= 0.6 is 0 Å². The fourth-order valence-electron chi connectivity index (χ4n) is 4.10. The predicted octanol–water partition coefficient (Wildman–Crippen LogP) is 5.04. The third-order valence-corrected chi connectivity index (χ3v) is 5.87. The maximum Gasteiger partial charge on any atom is 0.130 e. The first kappa shape index (κ1) is 20.8. The monoisotopic (exact) mass is 411 g/mol. The molecule has 3 N–H and O–H groups in total. The molecule has 0 bridgehead atoms. The molecule has 4 rings (SSSR count). The van der Waals surface area contributed by atoms with Gasteiger partial charge in [-0.25, -0.2) is 4.98 Å². The highest BCUT2D eigenvalue weighted by Gasteiger charge is 2.16. The molecular formula is C26H29N5. The minimum Gasteiger partial charge on any atom is -0.404 e. The average molecular weight is 412 g/mol. The van der Waals surface area contributed by atoms with E-state index < -0.39 is 0 Å². The van der Waals surface area contributed by atoms with Crippen molar-refractivity contribution in [2.24, 2.45) is 10.7 Å². The number of rotatable bonds is 5. The van der Waals surface area contributed by atoms with Gasteiger partial charge in [-0.3, -0.25) is 9.89 Å². The Morgan fingerprint density at radius 2 is 1.84 bits per heavy atom. The minimum atomic E-state index is 0.814. The van der Waals surface area contributed by atoms with Gasteiger partial charge in [-0.1, -0.05) is 30.3 Å². The molecule has 0 unspecified atom stereocenters. The Labute approximate surface area is 184 Å². The molecule has 158 valence electrons. The van der Waals surface area contributed by atoms with Gasteiger partial charge in [0.25, 0.3) is 0 Å². The number of anilines is 1. The van der Waals surface area contributed by atoms with E-state index in [0.29, 0.717) is 0 Å². The van der Waals surface area contributed by atoms with Crippen LogP contribution in [0, 0.1) is 0 Å². The van der Waals surface area contributed by atoms with Gasteiger partial charge >= 0.3 is 0 Å². The van der Waals surface area contributed by atoms with Gasteiger partial charge in [-0.05, 0) is 66.7 Å². The van der Waals surface area contributed by atoms with E-state index in [0.717, 1.165) is 52.2 Å². The first-order valence-corrected chi connectivity index (χ1v) is 10.5. The minimum absolute atomic E-state index is 0.814. The summed E-state index contributed by atoms with van der Waals surface area (Å²) in [6, 6.07) is 15.0. The molecule has 0 saturated heterocycles. The van der Waals surface area contributed by atoms with Gasteiger partial charge in [0.2, 0.25) is 0 Å². The van der Waals surface area contributed by atoms with Gasteiger partial charge in [0, 0.05) is 54.9 Å². The SMILES string of the molecule is C/C=C(\Nc1cc2cc(C(=CN)C(C)=NC)ccc2cn1)c1ccc2c(c1)CN(C)C2. The van der Waals surface area contributed by atoms with Crippen molar-refractivity contribution < 1.29 is 0 Å². The van der Waals surface area contributed by atoms with E-state index in [1.54, 1.807) is 13.2 Å². The van der Waals surface area contributed by atoms with E-state index in [1.165, 1.54) is 16.7 Å². The van der Waals surface area contributed by atoms with Crippen molar-refractivity contribution in [3.63, 3.8) is 0 Å². The first-order valence-electron chi connectivity index (χ1n) is 10.5. The van der Waals surface area contributed by atoms with Crippen molar-refractivity contribution in [1.29, 1.82) is 0 Å². The van der Waals surface area contributed by atoms with Gasteiger partial charge in [0.1, 0.15) is 5.82 Å². The Morgan fingerprint density at radius 3 is 2.58 bits per heavy atom. The fraction of sp³-hybridized carbons (Fsp3) is 0.231. The van der Waals surface area contributed by atoms with E-state index in [-0.39, 0.29) is 0 Å². The molecule has 0 spiro atoms. The highest BCUT2D eigenvalue weighted by atomic mass is 15.1. The van der Waals surface area contributed by atoms with Crippen LogP contribution < -0.4 is 11.1 Å². The van der Waals surface area contributed by atoms with Gasteiger partial charge < -0.3 is 11.1 Å². The first-order chi connectivity index (χ1) is 15.0. The van der Waals surface area contributed by atoms with E-state index in [2.05, 4.69) is 75.8 Å². The third-order valence-electron chi connectivity index (χ3n) is 5.87. The molecule has 31 heavy (non-hydrogen) atoms. The highest BCUT2D eigenvalue weighted by Crippen LogP contribution is 2.28. The number of benzene rings is 2. The summed E-state index contributed by atoms with van der Waals surface area (Å²) in [7, 11) is 3.93. The summed E-state index contributed by atoms with van der Waals surface area (Å²) in [5.41, 5.74) is 13.8. The summed E-state index contributed by atoms with van der Waals surface area (Å²) in [5, 5.41) is 5.69. The molecule has 3 aromatic rings. The number of hydrogen-bond donors (Lipinski definition) is 2. The van der Waals surface area contributed by atoms with Crippen LogP contribution in [0.15, 0.2) is 65.9 Å². The van der Waals surface area contributed by atoms with Gasteiger partial charge in [-0.15, -0.1) is 0 Å². The normalized spacial score (nSPS) is 15.4. The molecule has 1 aliphatic rings. The molecule has 0 saturated carbocycles. The molecule has 0 aliphatic carbocycles. The Morgan fingerprint density at radius 1 is 1.06 bits per heavy atom. The van der Waals surface area contributed by atoms with Gasteiger partial charge in [0.15, 0.2) is 0 Å². The summed E-state index contributed by atoms with van der Waals surface area (Å²) in [4.78, 5) is 11.2. The molecule has 0 amide bonds. The zero-order valence-corrected chi connectivity index (χ0v) is 18.6. The molecule has 2 aromatic carbocycles. The van der Waals surface area contributed by atoms with E-state index in [9.17, 15) is 0 Å². The lowest BCUT2D eigenvalue weighted by Gasteiger charge is -2.13. The molecule has 1 aliphatic heterocycles. The number of aromatic nitrogens is 1. The Bertz CT molecular complexity index is 1220. The van der Waals surface area contributed by atoms with Crippen molar-refractivity contribution in [3.8, 4) is 0 Å². The van der Waals surface area contributed by atoms with Crippen LogP contribution in [0.4, 0.5) is 5.82 Å². The van der Waals surface area contributed by atoms with Gasteiger partial charge in [0.05, 0.1) is 0 Å². The molecular weight excluding hydrogens is 382 g/mol. The Hall–Kier alpha value is -3.44. The van der Waals surface area contributed by atoms with Gasteiger partial charge in [-0.2, -0.15) is 0 Å². The van der Waals surface area contributed by atoms with Crippen LogP contribution in [0.3, 0.4) is 0 Å². The van der Waals surface area contributed by atoms with Crippen LogP contribution in [0.25, 0.3) is 22.0 Å².